The fourth-order valence-electron chi connectivity index (χ4n) is 5.44. The summed E-state index contributed by atoms with van der Waals surface area (Å²) in [7, 11) is 0. The monoisotopic (exact) mass is 593 g/mol. The van der Waals surface area contributed by atoms with E-state index in [4.69, 9.17) is 15.7 Å². The molecule has 0 unspecified atom stereocenters. The molecule has 0 bridgehead atoms. The number of amides is 1. The number of anilines is 1. The van der Waals surface area contributed by atoms with Crippen molar-refractivity contribution < 1.29 is 23.5 Å². The lowest BCUT2D eigenvalue weighted by Gasteiger charge is -2.16. The van der Waals surface area contributed by atoms with E-state index in [0.29, 0.717) is 41.2 Å². The lowest BCUT2D eigenvalue weighted by atomic mass is 10.0. The van der Waals surface area contributed by atoms with Crippen LogP contribution in [0.5, 0.6) is 5.75 Å². The molecule has 0 aliphatic heterocycles. The van der Waals surface area contributed by atoms with Crippen LogP contribution >= 0.6 is 0 Å². The van der Waals surface area contributed by atoms with Crippen LogP contribution in [0.2, 0.25) is 0 Å². The van der Waals surface area contributed by atoms with Gasteiger partial charge in [-0.05, 0) is 66.4 Å². The highest BCUT2D eigenvalue weighted by Gasteiger charge is 2.29. The van der Waals surface area contributed by atoms with E-state index in [0.717, 1.165) is 22.9 Å². The predicted octanol–water partition coefficient (Wildman–Crippen LogP) is 3.86. The number of aromatic nitrogens is 7. The standard InChI is InChI=1S/C30H21F2N9O3/c31-24-20(13-16(14-42)26(43)25(24)32)30(44)38-21-6-3-15-12-17(4-5-18(15)21)40-28(19-2-1-9-34-27(19)33)37-22-7-8-23(39-29(22)40)41-35-10-11-36-41/h1-2,4-5,7-14,21,43H,3,6H2,(H2,33,34)(H,38,44)/t21-/m0/s1. The van der Waals surface area contributed by atoms with Crippen LogP contribution in [0.1, 0.15) is 44.3 Å². The molecule has 2 aromatic carbocycles. The summed E-state index contributed by atoms with van der Waals surface area (Å²) in [5, 5.41) is 20.7. The number of pyridine rings is 2. The van der Waals surface area contributed by atoms with E-state index in [2.05, 4.69) is 20.5 Å². The molecule has 44 heavy (non-hydrogen) atoms. The number of aromatic hydroxyl groups is 1. The summed E-state index contributed by atoms with van der Waals surface area (Å²) in [5.74, 6) is -3.96. The van der Waals surface area contributed by atoms with Gasteiger partial charge < -0.3 is 16.2 Å². The summed E-state index contributed by atoms with van der Waals surface area (Å²) in [4.78, 5) is 39.4. The van der Waals surface area contributed by atoms with Crippen molar-refractivity contribution in [2.45, 2.75) is 18.9 Å². The smallest absolute Gasteiger partial charge is 0.254 e. The summed E-state index contributed by atoms with van der Waals surface area (Å²) in [6, 6.07) is 13.1. The number of carbonyl (C=O) groups is 2. The van der Waals surface area contributed by atoms with E-state index in [9.17, 15) is 23.5 Å². The number of hydrogen-bond acceptors (Lipinski definition) is 9. The molecule has 0 radical (unpaired) electrons. The molecular weight excluding hydrogens is 572 g/mol. The lowest BCUT2D eigenvalue weighted by Crippen LogP contribution is -2.28. The Labute approximate surface area is 246 Å². The minimum Gasteiger partial charge on any atom is -0.504 e. The maximum atomic E-state index is 14.5. The second-order valence-corrected chi connectivity index (χ2v) is 10.1. The Morgan fingerprint density at radius 1 is 1.05 bits per heavy atom. The van der Waals surface area contributed by atoms with Crippen molar-refractivity contribution in [3.8, 4) is 28.6 Å². The molecule has 12 nitrogen and oxygen atoms in total. The van der Waals surface area contributed by atoms with E-state index in [1.807, 2.05) is 34.9 Å². The van der Waals surface area contributed by atoms with Gasteiger partial charge in [0.05, 0.1) is 35.1 Å². The summed E-state index contributed by atoms with van der Waals surface area (Å²) in [6.07, 6.45) is 5.91. The normalized spacial score (nSPS) is 14.1. The van der Waals surface area contributed by atoms with Gasteiger partial charge in [-0.25, -0.2) is 19.3 Å². The third kappa shape index (κ3) is 4.31. The Hall–Kier alpha value is -6.05. The van der Waals surface area contributed by atoms with Crippen molar-refractivity contribution in [1.82, 2.24) is 39.8 Å². The molecule has 1 aliphatic carbocycles. The average molecular weight is 594 g/mol. The van der Waals surface area contributed by atoms with Crippen molar-refractivity contribution in [2.75, 3.05) is 5.73 Å². The Bertz CT molecular complexity index is 2110. The molecule has 4 heterocycles. The van der Waals surface area contributed by atoms with Crippen molar-refractivity contribution >= 4 is 29.2 Å². The molecule has 218 valence electrons. The van der Waals surface area contributed by atoms with Crippen LogP contribution < -0.4 is 11.1 Å². The maximum absolute atomic E-state index is 14.5. The summed E-state index contributed by atoms with van der Waals surface area (Å²) >= 11 is 0. The number of aldehydes is 1. The summed E-state index contributed by atoms with van der Waals surface area (Å²) in [5.41, 5.74) is 9.20. The topological polar surface area (TPSA) is 167 Å². The molecule has 6 aromatic rings. The van der Waals surface area contributed by atoms with Crippen LogP contribution in [0.4, 0.5) is 14.6 Å². The fraction of sp³-hybridized carbons (Fsp3) is 0.100. The predicted molar refractivity (Wildman–Crippen MR) is 153 cm³/mol. The number of phenolic OH excluding ortho intramolecular Hbond substituents is 1. The van der Waals surface area contributed by atoms with Crippen LogP contribution in [0, 0.1) is 11.6 Å². The molecule has 7 rings (SSSR count). The number of aryl methyl sites for hydroxylation is 1. The van der Waals surface area contributed by atoms with Gasteiger partial charge in [0.2, 0.25) is 5.82 Å². The number of fused-ring (bicyclic) bond motifs is 2. The maximum Gasteiger partial charge on any atom is 0.254 e. The number of hydrogen-bond donors (Lipinski definition) is 3. The van der Waals surface area contributed by atoms with Crippen molar-refractivity contribution in [3.63, 3.8) is 0 Å². The van der Waals surface area contributed by atoms with E-state index in [1.165, 1.54) is 4.80 Å². The van der Waals surface area contributed by atoms with Gasteiger partial charge in [0.1, 0.15) is 11.3 Å². The fourth-order valence-corrected chi connectivity index (χ4v) is 5.44. The largest absolute Gasteiger partial charge is 0.504 e. The van der Waals surface area contributed by atoms with E-state index >= 15 is 0 Å². The van der Waals surface area contributed by atoms with Gasteiger partial charge in [0.25, 0.3) is 5.91 Å². The summed E-state index contributed by atoms with van der Waals surface area (Å²) in [6.45, 7) is 0. The van der Waals surface area contributed by atoms with Gasteiger partial charge in [0.15, 0.2) is 35.1 Å². The first kappa shape index (κ1) is 26.8. The highest BCUT2D eigenvalue weighted by Crippen LogP contribution is 2.36. The van der Waals surface area contributed by atoms with Gasteiger partial charge in [-0.1, -0.05) is 6.07 Å². The molecule has 1 aliphatic rings. The molecule has 14 heteroatoms. The van der Waals surface area contributed by atoms with Crippen LogP contribution in [0.15, 0.2) is 67.1 Å². The SMILES string of the molecule is Nc1ncccc1-c1nc2ccc(-n3nccn3)nc2n1-c1ccc2c(c1)CC[C@@H]2NC(=O)c1cc(C=O)c(O)c(F)c1F. The number of halogens is 2. The second kappa shape index (κ2) is 10.3. The van der Waals surface area contributed by atoms with E-state index < -0.39 is 40.5 Å². The molecule has 4 aromatic heterocycles. The average Bonchev–Trinajstić information content (AvgIpc) is 3.79. The highest BCUT2D eigenvalue weighted by atomic mass is 19.2. The van der Waals surface area contributed by atoms with E-state index in [-0.39, 0.29) is 12.1 Å². The van der Waals surface area contributed by atoms with Crippen molar-refractivity contribution in [3.05, 3.63) is 101 Å². The minimum atomic E-state index is -1.66. The molecule has 4 N–H and O–H groups in total. The Kier molecular flexibility index (Phi) is 6.31. The number of benzene rings is 2. The number of nitrogens with one attached hydrogen (secondary N) is 1. The third-order valence-electron chi connectivity index (χ3n) is 7.54. The van der Waals surface area contributed by atoms with E-state index in [1.54, 1.807) is 30.7 Å². The number of phenols is 1. The number of imidazole rings is 1. The lowest BCUT2D eigenvalue weighted by molar-refractivity contribution is 0.0931. The molecule has 1 atom stereocenters. The molecule has 0 saturated heterocycles. The Morgan fingerprint density at radius 2 is 1.86 bits per heavy atom. The zero-order chi connectivity index (χ0) is 30.5. The number of carbonyl (C=O) groups excluding carboxylic acids is 2. The Morgan fingerprint density at radius 3 is 2.64 bits per heavy atom. The molecule has 0 spiro atoms. The number of nitrogens with two attached hydrogens (primary N) is 1. The zero-order valence-corrected chi connectivity index (χ0v) is 22.6. The van der Waals surface area contributed by atoms with Crippen molar-refractivity contribution in [1.29, 1.82) is 0 Å². The molecule has 1 amide bonds. The van der Waals surface area contributed by atoms with Gasteiger partial charge in [-0.15, -0.1) is 4.80 Å². The zero-order valence-electron chi connectivity index (χ0n) is 22.6. The first-order valence-corrected chi connectivity index (χ1v) is 13.4. The first-order chi connectivity index (χ1) is 21.3. The van der Waals surface area contributed by atoms with Crippen LogP contribution in [-0.4, -0.2) is 51.8 Å². The van der Waals surface area contributed by atoms with Gasteiger partial charge in [0, 0.05) is 11.9 Å². The molecule has 0 saturated carbocycles. The van der Waals surface area contributed by atoms with Crippen LogP contribution in [-0.2, 0) is 6.42 Å². The third-order valence-corrected chi connectivity index (χ3v) is 7.54. The highest BCUT2D eigenvalue weighted by molar-refractivity contribution is 5.97. The number of nitrogens with zero attached hydrogens (tertiary/aromatic N) is 7. The molecule has 0 fully saturated rings. The number of nitrogen functional groups attached to an aromatic ring is 1. The van der Waals surface area contributed by atoms with Crippen LogP contribution in [0.3, 0.4) is 0 Å². The summed E-state index contributed by atoms with van der Waals surface area (Å²) < 4.78 is 30.5. The first-order valence-electron chi connectivity index (χ1n) is 13.4. The molecular formula is C30H21F2N9O3. The second-order valence-electron chi connectivity index (χ2n) is 10.1. The number of rotatable bonds is 6. The quantitative estimate of drug-likeness (QED) is 0.243. The van der Waals surface area contributed by atoms with Gasteiger partial charge in [-0.2, -0.15) is 14.6 Å². The van der Waals surface area contributed by atoms with Crippen LogP contribution in [0.25, 0.3) is 34.1 Å². The van der Waals surface area contributed by atoms with Gasteiger partial charge in [-0.3, -0.25) is 14.2 Å². The Balaban J connectivity index is 1.29. The van der Waals surface area contributed by atoms with Crippen molar-refractivity contribution in [2.24, 2.45) is 0 Å². The minimum absolute atomic E-state index is 0.150. The van der Waals surface area contributed by atoms with Gasteiger partial charge >= 0.3 is 0 Å².